The summed E-state index contributed by atoms with van der Waals surface area (Å²) in [6, 6.07) is 4.27. The predicted octanol–water partition coefficient (Wildman–Crippen LogP) is 2.86. The minimum atomic E-state index is 0.275. The minimum Gasteiger partial charge on any atom is -0.481 e. The summed E-state index contributed by atoms with van der Waals surface area (Å²) in [5.74, 6) is 2.60. The Bertz CT molecular complexity index is 827. The molecule has 2 aromatic heterocycles. The fourth-order valence-corrected chi connectivity index (χ4v) is 5.46. The second-order valence-electron chi connectivity index (χ2n) is 7.59. The predicted molar refractivity (Wildman–Crippen MR) is 91.1 cm³/mol. The first-order valence-corrected chi connectivity index (χ1v) is 9.04. The Kier molecular flexibility index (Phi) is 2.97. The number of aromatic nitrogens is 2. The van der Waals surface area contributed by atoms with E-state index in [-0.39, 0.29) is 5.91 Å². The van der Waals surface area contributed by atoms with Gasteiger partial charge in [-0.25, -0.2) is 4.98 Å². The van der Waals surface area contributed by atoms with Crippen LogP contribution in [0.25, 0.3) is 11.0 Å². The Balaban J connectivity index is 1.71. The molecule has 4 unspecified atom stereocenters. The summed E-state index contributed by atoms with van der Waals surface area (Å²) in [7, 11) is 1.63. The molecule has 1 amide bonds. The molecule has 4 aliphatic rings. The first-order valence-electron chi connectivity index (χ1n) is 9.04. The third kappa shape index (κ3) is 1.81. The summed E-state index contributed by atoms with van der Waals surface area (Å²) in [6.45, 7) is 3.22. The number of piperidine rings is 2. The van der Waals surface area contributed by atoms with E-state index in [1.165, 1.54) is 18.5 Å². The van der Waals surface area contributed by atoms with Crippen molar-refractivity contribution in [2.45, 2.75) is 44.6 Å². The van der Waals surface area contributed by atoms with Crippen LogP contribution in [0.3, 0.4) is 0 Å². The van der Waals surface area contributed by atoms with E-state index in [4.69, 9.17) is 4.74 Å². The van der Waals surface area contributed by atoms with E-state index in [9.17, 15) is 4.79 Å². The van der Waals surface area contributed by atoms with Crippen LogP contribution in [0.1, 0.15) is 43.4 Å². The summed E-state index contributed by atoms with van der Waals surface area (Å²) in [5.41, 5.74) is 4.30. The number of pyridine rings is 1. The SMILES string of the molecule is CCC1CC2CC3c4[nH]c5ccc(OC)nc5c4CC(=O)N(C2)C13. The van der Waals surface area contributed by atoms with E-state index in [0.29, 0.717) is 36.1 Å². The van der Waals surface area contributed by atoms with Gasteiger partial charge in [-0.2, -0.15) is 0 Å². The van der Waals surface area contributed by atoms with E-state index in [1.807, 2.05) is 12.1 Å². The Hall–Kier alpha value is -2.04. The van der Waals surface area contributed by atoms with Crippen LogP contribution in [0.4, 0.5) is 0 Å². The lowest BCUT2D eigenvalue weighted by Crippen LogP contribution is -2.57. The lowest BCUT2D eigenvalue weighted by molar-refractivity contribution is -0.141. The Morgan fingerprint density at radius 3 is 3.04 bits per heavy atom. The number of aromatic amines is 1. The number of nitrogens with one attached hydrogen (secondary N) is 1. The summed E-state index contributed by atoms with van der Waals surface area (Å²) in [5, 5.41) is 0. The highest BCUT2D eigenvalue weighted by molar-refractivity contribution is 5.89. The topological polar surface area (TPSA) is 58.2 Å². The summed E-state index contributed by atoms with van der Waals surface area (Å²) in [4.78, 5) is 23.4. The molecule has 5 heteroatoms. The fourth-order valence-electron chi connectivity index (χ4n) is 5.46. The number of hydrogen-bond donors (Lipinski definition) is 1. The van der Waals surface area contributed by atoms with Crippen molar-refractivity contribution in [2.24, 2.45) is 11.8 Å². The number of hydrogen-bond acceptors (Lipinski definition) is 3. The quantitative estimate of drug-likeness (QED) is 0.923. The van der Waals surface area contributed by atoms with Crippen molar-refractivity contribution in [3.05, 3.63) is 23.4 Å². The van der Waals surface area contributed by atoms with Gasteiger partial charge in [0.25, 0.3) is 0 Å². The van der Waals surface area contributed by atoms with Crippen molar-refractivity contribution in [3.8, 4) is 5.88 Å². The number of H-pyrrole nitrogens is 1. The smallest absolute Gasteiger partial charge is 0.227 e. The normalized spacial score (nSPS) is 31.2. The van der Waals surface area contributed by atoms with Crippen molar-refractivity contribution in [1.29, 1.82) is 0 Å². The first kappa shape index (κ1) is 14.3. The van der Waals surface area contributed by atoms with Gasteiger partial charge in [-0.15, -0.1) is 0 Å². The molecule has 1 N–H and O–H groups in total. The molecule has 2 saturated heterocycles. The number of fused-ring (bicyclic) bond motifs is 4. The number of carbonyl (C=O) groups is 1. The highest BCUT2D eigenvalue weighted by atomic mass is 16.5. The van der Waals surface area contributed by atoms with Crippen molar-refractivity contribution in [2.75, 3.05) is 13.7 Å². The van der Waals surface area contributed by atoms with Crippen LogP contribution in [0.15, 0.2) is 12.1 Å². The maximum Gasteiger partial charge on any atom is 0.227 e. The van der Waals surface area contributed by atoms with Crippen molar-refractivity contribution < 1.29 is 9.53 Å². The van der Waals surface area contributed by atoms with E-state index in [1.54, 1.807) is 7.11 Å². The van der Waals surface area contributed by atoms with Gasteiger partial charge in [-0.05, 0) is 30.7 Å². The molecule has 2 aromatic rings. The zero-order chi connectivity index (χ0) is 16.4. The molecule has 3 aliphatic heterocycles. The van der Waals surface area contributed by atoms with E-state index >= 15 is 0 Å². The third-order valence-corrected chi connectivity index (χ3v) is 6.44. The second-order valence-corrected chi connectivity index (χ2v) is 7.59. The van der Waals surface area contributed by atoms with Gasteiger partial charge in [-0.3, -0.25) is 4.79 Å². The molecule has 5 nitrogen and oxygen atoms in total. The Morgan fingerprint density at radius 1 is 1.38 bits per heavy atom. The first-order chi connectivity index (χ1) is 11.7. The summed E-state index contributed by atoms with van der Waals surface area (Å²) < 4.78 is 5.29. The zero-order valence-electron chi connectivity index (χ0n) is 14.2. The molecule has 126 valence electrons. The Labute approximate surface area is 141 Å². The molecule has 0 aromatic carbocycles. The van der Waals surface area contributed by atoms with Crippen LogP contribution in [-0.2, 0) is 11.2 Å². The van der Waals surface area contributed by atoms with Crippen LogP contribution in [-0.4, -0.2) is 40.5 Å². The monoisotopic (exact) mass is 325 g/mol. The van der Waals surface area contributed by atoms with Gasteiger partial charge in [0, 0.05) is 35.8 Å². The summed E-state index contributed by atoms with van der Waals surface area (Å²) in [6.07, 6.45) is 4.10. The minimum absolute atomic E-state index is 0.275. The molecule has 3 fully saturated rings. The molecule has 4 bridgehead atoms. The number of carbonyl (C=O) groups excluding carboxylic acids is 1. The molecular formula is C19H23N3O2. The maximum atomic E-state index is 13.0. The van der Waals surface area contributed by atoms with E-state index < -0.39 is 0 Å². The van der Waals surface area contributed by atoms with Crippen LogP contribution >= 0.6 is 0 Å². The molecule has 0 spiro atoms. The molecular weight excluding hydrogens is 302 g/mol. The number of ether oxygens (including phenoxy) is 1. The molecule has 0 radical (unpaired) electrons. The number of nitrogens with zero attached hydrogens (tertiary/aromatic N) is 2. The molecule has 1 aliphatic carbocycles. The summed E-state index contributed by atoms with van der Waals surface area (Å²) >= 11 is 0. The lowest BCUT2D eigenvalue weighted by Gasteiger charge is -2.53. The lowest BCUT2D eigenvalue weighted by atomic mass is 9.65. The molecule has 6 rings (SSSR count). The van der Waals surface area contributed by atoms with Gasteiger partial charge >= 0.3 is 0 Å². The maximum absolute atomic E-state index is 13.0. The van der Waals surface area contributed by atoms with Crippen LogP contribution < -0.4 is 4.74 Å². The van der Waals surface area contributed by atoms with Crippen LogP contribution in [0.2, 0.25) is 0 Å². The van der Waals surface area contributed by atoms with Crippen molar-refractivity contribution in [3.63, 3.8) is 0 Å². The van der Waals surface area contributed by atoms with Crippen molar-refractivity contribution >= 4 is 16.9 Å². The van der Waals surface area contributed by atoms with Gasteiger partial charge in [0.05, 0.1) is 24.6 Å². The zero-order valence-corrected chi connectivity index (χ0v) is 14.2. The number of amides is 1. The van der Waals surface area contributed by atoms with Gasteiger partial charge in [0.2, 0.25) is 11.8 Å². The van der Waals surface area contributed by atoms with E-state index in [2.05, 4.69) is 21.8 Å². The average molecular weight is 325 g/mol. The third-order valence-electron chi connectivity index (χ3n) is 6.44. The number of rotatable bonds is 2. The highest BCUT2D eigenvalue weighted by Gasteiger charge is 2.50. The Morgan fingerprint density at radius 2 is 2.25 bits per heavy atom. The van der Waals surface area contributed by atoms with Gasteiger partial charge in [0.1, 0.15) is 0 Å². The second kappa shape index (κ2) is 4.98. The van der Waals surface area contributed by atoms with Gasteiger partial charge < -0.3 is 14.6 Å². The average Bonchev–Trinajstić information content (AvgIpc) is 2.95. The fraction of sp³-hybridized carbons (Fsp3) is 0.579. The van der Waals surface area contributed by atoms with Crippen LogP contribution in [0.5, 0.6) is 5.88 Å². The highest BCUT2D eigenvalue weighted by Crippen LogP contribution is 2.51. The largest absolute Gasteiger partial charge is 0.481 e. The molecule has 5 heterocycles. The van der Waals surface area contributed by atoms with Gasteiger partial charge in [0.15, 0.2) is 0 Å². The molecule has 1 saturated carbocycles. The van der Waals surface area contributed by atoms with Gasteiger partial charge in [-0.1, -0.05) is 13.3 Å². The molecule has 24 heavy (non-hydrogen) atoms. The molecule has 4 atom stereocenters. The van der Waals surface area contributed by atoms with Crippen molar-refractivity contribution in [1.82, 2.24) is 14.9 Å². The standard InChI is InChI=1S/C19H23N3O2/c1-3-11-6-10-7-13-17-12(8-16(23)22(9-10)19(11)13)18-14(20-17)4-5-15(21-18)24-2/h4-5,10-11,13,19-20H,3,6-9H2,1-2H3. The number of methoxy groups -OCH3 is 1. The van der Waals surface area contributed by atoms with E-state index in [0.717, 1.165) is 29.6 Å². The van der Waals surface area contributed by atoms with Crippen LogP contribution in [0, 0.1) is 11.8 Å².